The third kappa shape index (κ3) is 2.50. The first-order chi connectivity index (χ1) is 9.99. The maximum Gasteiger partial charge on any atom is 0.270 e. The van der Waals surface area contributed by atoms with Crippen LogP contribution in [0.4, 0.5) is 8.78 Å². The van der Waals surface area contributed by atoms with Gasteiger partial charge in [0, 0.05) is 19.0 Å². The zero-order valence-corrected chi connectivity index (χ0v) is 11.4. The lowest BCUT2D eigenvalue weighted by atomic mass is 10.1. The van der Waals surface area contributed by atoms with Gasteiger partial charge in [-0.15, -0.1) is 5.10 Å². The number of hydrogen-bond donors (Lipinski definition) is 1. The molecule has 2 N–H and O–H groups in total. The van der Waals surface area contributed by atoms with Crippen LogP contribution in [0.25, 0.3) is 16.7 Å². The summed E-state index contributed by atoms with van der Waals surface area (Å²) in [6.07, 6.45) is 0. The van der Waals surface area contributed by atoms with E-state index in [2.05, 4.69) is 10.3 Å². The molecule has 0 amide bonds. The summed E-state index contributed by atoms with van der Waals surface area (Å²) in [4.78, 5) is 0. The van der Waals surface area contributed by atoms with Gasteiger partial charge < -0.3 is 5.73 Å². The number of rotatable bonds is 3. The second-order valence-electron chi connectivity index (χ2n) is 4.96. The molecule has 108 valence electrons. The standard InChI is InChI=1S/C15H14F2N4/c1-15(16,17)11-4-7-14-13(8-11)19-20-21(14)12-5-2-10(9-18)3-6-12/h2-8H,9,18H2,1H3. The lowest BCUT2D eigenvalue weighted by Crippen LogP contribution is -2.06. The van der Waals surface area contributed by atoms with Crippen molar-refractivity contribution in [2.75, 3.05) is 0 Å². The van der Waals surface area contributed by atoms with E-state index in [0.29, 0.717) is 17.6 Å². The van der Waals surface area contributed by atoms with E-state index < -0.39 is 5.92 Å². The number of nitrogens with zero attached hydrogens (tertiary/aromatic N) is 3. The van der Waals surface area contributed by atoms with Crippen LogP contribution >= 0.6 is 0 Å². The Labute approximate surface area is 120 Å². The summed E-state index contributed by atoms with van der Waals surface area (Å²) in [5.41, 5.74) is 8.44. The molecule has 0 bridgehead atoms. The summed E-state index contributed by atoms with van der Waals surface area (Å²) in [5, 5.41) is 8.00. The van der Waals surface area contributed by atoms with Crippen LogP contribution in [-0.2, 0) is 12.5 Å². The van der Waals surface area contributed by atoms with Crippen LogP contribution in [0.1, 0.15) is 18.1 Å². The van der Waals surface area contributed by atoms with Crippen molar-refractivity contribution < 1.29 is 8.78 Å². The highest BCUT2D eigenvalue weighted by Crippen LogP contribution is 2.29. The van der Waals surface area contributed by atoms with E-state index in [0.717, 1.165) is 18.2 Å². The van der Waals surface area contributed by atoms with Crippen molar-refractivity contribution in [2.45, 2.75) is 19.4 Å². The number of benzene rings is 2. The Balaban J connectivity index is 2.07. The zero-order valence-electron chi connectivity index (χ0n) is 11.4. The van der Waals surface area contributed by atoms with Crippen molar-refractivity contribution in [1.82, 2.24) is 15.0 Å². The molecule has 0 atom stereocenters. The van der Waals surface area contributed by atoms with Gasteiger partial charge >= 0.3 is 0 Å². The van der Waals surface area contributed by atoms with E-state index in [4.69, 9.17) is 5.73 Å². The van der Waals surface area contributed by atoms with Crippen LogP contribution < -0.4 is 5.73 Å². The number of halogens is 2. The lowest BCUT2D eigenvalue weighted by Gasteiger charge is -2.10. The monoisotopic (exact) mass is 288 g/mol. The molecule has 0 unspecified atom stereocenters. The van der Waals surface area contributed by atoms with E-state index in [1.807, 2.05) is 24.3 Å². The Morgan fingerprint density at radius 3 is 2.48 bits per heavy atom. The molecule has 4 nitrogen and oxygen atoms in total. The fourth-order valence-electron chi connectivity index (χ4n) is 2.16. The van der Waals surface area contributed by atoms with Crippen molar-refractivity contribution >= 4 is 11.0 Å². The van der Waals surface area contributed by atoms with E-state index in [1.54, 1.807) is 10.7 Å². The SMILES string of the molecule is CC(F)(F)c1ccc2c(c1)nnn2-c1ccc(CN)cc1. The first kappa shape index (κ1) is 13.6. The Hall–Kier alpha value is -2.34. The van der Waals surface area contributed by atoms with Gasteiger partial charge in [0.25, 0.3) is 5.92 Å². The van der Waals surface area contributed by atoms with Crippen LogP contribution in [0.5, 0.6) is 0 Å². The van der Waals surface area contributed by atoms with Gasteiger partial charge in [-0.3, -0.25) is 0 Å². The number of alkyl halides is 2. The number of hydrogen-bond acceptors (Lipinski definition) is 3. The van der Waals surface area contributed by atoms with Crippen LogP contribution in [-0.4, -0.2) is 15.0 Å². The molecule has 3 rings (SSSR count). The maximum atomic E-state index is 13.3. The van der Waals surface area contributed by atoms with Crippen molar-refractivity contribution in [3.05, 3.63) is 53.6 Å². The Bertz CT molecular complexity index is 772. The third-order valence-corrected chi connectivity index (χ3v) is 3.37. The molecule has 0 spiro atoms. The minimum Gasteiger partial charge on any atom is -0.326 e. The van der Waals surface area contributed by atoms with Crippen molar-refractivity contribution in [3.63, 3.8) is 0 Å². The fourth-order valence-corrected chi connectivity index (χ4v) is 2.16. The van der Waals surface area contributed by atoms with Crippen molar-refractivity contribution in [2.24, 2.45) is 5.73 Å². The van der Waals surface area contributed by atoms with Gasteiger partial charge in [0.15, 0.2) is 0 Å². The number of nitrogens with two attached hydrogens (primary N) is 1. The van der Waals surface area contributed by atoms with Crippen molar-refractivity contribution in [3.8, 4) is 5.69 Å². The zero-order chi connectivity index (χ0) is 15.0. The van der Waals surface area contributed by atoms with Gasteiger partial charge in [0.2, 0.25) is 0 Å². The van der Waals surface area contributed by atoms with E-state index in [9.17, 15) is 8.78 Å². The summed E-state index contributed by atoms with van der Waals surface area (Å²) >= 11 is 0. The second-order valence-corrected chi connectivity index (χ2v) is 4.96. The number of fused-ring (bicyclic) bond motifs is 1. The van der Waals surface area contributed by atoms with Gasteiger partial charge in [-0.05, 0) is 29.8 Å². The first-order valence-electron chi connectivity index (χ1n) is 6.52. The maximum absolute atomic E-state index is 13.3. The quantitative estimate of drug-likeness (QED) is 0.806. The smallest absolute Gasteiger partial charge is 0.270 e. The Kier molecular flexibility index (Phi) is 3.17. The van der Waals surface area contributed by atoms with E-state index in [1.165, 1.54) is 12.1 Å². The third-order valence-electron chi connectivity index (χ3n) is 3.37. The predicted octanol–water partition coefficient (Wildman–Crippen LogP) is 2.99. The molecule has 21 heavy (non-hydrogen) atoms. The fraction of sp³-hybridized carbons (Fsp3) is 0.200. The average molecular weight is 288 g/mol. The number of aromatic nitrogens is 3. The minimum atomic E-state index is -2.89. The molecule has 0 saturated carbocycles. The second kappa shape index (κ2) is 4.89. The van der Waals surface area contributed by atoms with Gasteiger partial charge in [-0.2, -0.15) is 0 Å². The average Bonchev–Trinajstić information content (AvgIpc) is 2.89. The van der Waals surface area contributed by atoms with E-state index >= 15 is 0 Å². The van der Waals surface area contributed by atoms with Crippen LogP contribution in [0, 0.1) is 0 Å². The summed E-state index contributed by atoms with van der Waals surface area (Å²) in [7, 11) is 0. The molecule has 3 aromatic rings. The van der Waals surface area contributed by atoms with Gasteiger partial charge in [-0.25, -0.2) is 13.5 Å². The molecule has 2 aromatic carbocycles. The molecule has 0 radical (unpaired) electrons. The predicted molar refractivity (Wildman–Crippen MR) is 76.3 cm³/mol. The van der Waals surface area contributed by atoms with Gasteiger partial charge in [0.05, 0.1) is 11.2 Å². The molecule has 1 aromatic heterocycles. The molecule has 6 heteroatoms. The molecular formula is C15H14F2N4. The van der Waals surface area contributed by atoms with Crippen LogP contribution in [0.15, 0.2) is 42.5 Å². The van der Waals surface area contributed by atoms with Crippen molar-refractivity contribution in [1.29, 1.82) is 0 Å². The largest absolute Gasteiger partial charge is 0.326 e. The highest BCUT2D eigenvalue weighted by atomic mass is 19.3. The molecule has 0 aliphatic carbocycles. The lowest BCUT2D eigenvalue weighted by molar-refractivity contribution is 0.0176. The molecular weight excluding hydrogens is 274 g/mol. The molecule has 1 heterocycles. The molecule has 0 aliphatic rings. The summed E-state index contributed by atoms with van der Waals surface area (Å²) in [6.45, 7) is 1.33. The van der Waals surface area contributed by atoms with Gasteiger partial charge in [0.1, 0.15) is 5.52 Å². The Morgan fingerprint density at radius 2 is 1.86 bits per heavy atom. The first-order valence-corrected chi connectivity index (χ1v) is 6.52. The topological polar surface area (TPSA) is 56.7 Å². The van der Waals surface area contributed by atoms with Crippen LogP contribution in [0.2, 0.25) is 0 Å². The molecule has 0 aliphatic heterocycles. The highest BCUT2D eigenvalue weighted by Gasteiger charge is 2.25. The van der Waals surface area contributed by atoms with Crippen LogP contribution in [0.3, 0.4) is 0 Å². The summed E-state index contributed by atoms with van der Waals surface area (Å²) < 4.78 is 28.3. The molecule has 0 fully saturated rings. The normalized spacial score (nSPS) is 12.0. The minimum absolute atomic E-state index is 0.0690. The summed E-state index contributed by atoms with van der Waals surface area (Å²) in [5.74, 6) is -2.89. The highest BCUT2D eigenvalue weighted by molar-refractivity contribution is 5.77. The Morgan fingerprint density at radius 1 is 1.14 bits per heavy atom. The molecule has 0 saturated heterocycles. The van der Waals surface area contributed by atoms with E-state index in [-0.39, 0.29) is 5.56 Å². The summed E-state index contributed by atoms with van der Waals surface area (Å²) in [6, 6.07) is 11.9. The van der Waals surface area contributed by atoms with Gasteiger partial charge in [-0.1, -0.05) is 23.4 Å².